The van der Waals surface area contributed by atoms with Crippen molar-refractivity contribution in [2.75, 3.05) is 13.6 Å². The second-order valence-corrected chi connectivity index (χ2v) is 1.74. The lowest BCUT2D eigenvalue weighted by Gasteiger charge is -1.78. The van der Waals surface area contributed by atoms with E-state index in [0.717, 1.165) is 0 Å². The maximum absolute atomic E-state index is 3.63. The van der Waals surface area contributed by atoms with Crippen LogP contribution in [0.1, 0.15) is 0 Å². The van der Waals surface area contributed by atoms with Gasteiger partial charge in [-0.3, -0.25) is 4.90 Å². The van der Waals surface area contributed by atoms with Gasteiger partial charge in [-0.05, 0) is 7.05 Å². The van der Waals surface area contributed by atoms with E-state index in [1.165, 1.54) is 6.54 Å². The van der Waals surface area contributed by atoms with E-state index in [0.29, 0.717) is 6.04 Å². The molecule has 0 aromatic heterocycles. The van der Waals surface area contributed by atoms with E-state index in [-0.39, 0.29) is 0 Å². The van der Waals surface area contributed by atoms with Crippen molar-refractivity contribution in [1.29, 1.82) is 0 Å². The van der Waals surface area contributed by atoms with Crippen LogP contribution >= 0.6 is 0 Å². The lowest BCUT2D eigenvalue weighted by atomic mass is 10.5. The van der Waals surface area contributed by atoms with Gasteiger partial charge >= 0.3 is 0 Å². The molecule has 1 saturated heterocycles. The van der Waals surface area contributed by atoms with Gasteiger partial charge in [0.15, 0.2) is 0 Å². The van der Waals surface area contributed by atoms with Crippen LogP contribution in [0.15, 0.2) is 12.7 Å². The third-order valence-electron chi connectivity index (χ3n) is 1.18. The molecule has 0 N–H and O–H groups in total. The smallest absolute Gasteiger partial charge is 0.0400 e. The number of hydrogen-bond acceptors (Lipinski definition) is 1. The van der Waals surface area contributed by atoms with Gasteiger partial charge in [0.1, 0.15) is 0 Å². The standard InChI is InChI=1S/C5H9N/c1-3-5-4-6(5)2/h3,5H,1,4H2,2H3/t5-,6?/m0/s1. The molecule has 0 aliphatic carbocycles. The van der Waals surface area contributed by atoms with E-state index in [9.17, 15) is 0 Å². The van der Waals surface area contributed by atoms with Gasteiger partial charge in [-0.25, -0.2) is 0 Å². The molecular formula is C5H9N. The zero-order valence-corrected chi connectivity index (χ0v) is 4.02. The molecule has 1 nitrogen and oxygen atoms in total. The summed E-state index contributed by atoms with van der Waals surface area (Å²) < 4.78 is 0. The summed E-state index contributed by atoms with van der Waals surface area (Å²) >= 11 is 0. The molecule has 34 valence electrons. The van der Waals surface area contributed by atoms with Gasteiger partial charge in [0.05, 0.1) is 0 Å². The molecular weight excluding hydrogens is 74.1 g/mol. The molecule has 1 fully saturated rings. The fourth-order valence-corrected chi connectivity index (χ4v) is 0.502. The summed E-state index contributed by atoms with van der Waals surface area (Å²) in [4.78, 5) is 2.23. The van der Waals surface area contributed by atoms with Crippen molar-refractivity contribution < 1.29 is 0 Å². The van der Waals surface area contributed by atoms with Crippen LogP contribution in [-0.4, -0.2) is 24.5 Å². The molecule has 6 heavy (non-hydrogen) atoms. The van der Waals surface area contributed by atoms with Crippen LogP contribution in [0.2, 0.25) is 0 Å². The van der Waals surface area contributed by atoms with Crippen molar-refractivity contribution in [3.8, 4) is 0 Å². The average molecular weight is 83.1 g/mol. The van der Waals surface area contributed by atoms with E-state index in [4.69, 9.17) is 0 Å². The second-order valence-electron chi connectivity index (χ2n) is 1.74. The molecule has 0 aromatic rings. The minimum Gasteiger partial charge on any atom is -0.297 e. The number of likely N-dealkylation sites (N-methyl/N-ethyl adjacent to an activating group) is 1. The van der Waals surface area contributed by atoms with Crippen LogP contribution < -0.4 is 0 Å². The normalized spacial score (nSPS) is 42.2. The number of nitrogens with zero attached hydrogens (tertiary/aromatic N) is 1. The zero-order chi connectivity index (χ0) is 4.57. The van der Waals surface area contributed by atoms with Gasteiger partial charge in [0.2, 0.25) is 0 Å². The lowest BCUT2D eigenvalue weighted by Crippen LogP contribution is -1.85. The summed E-state index contributed by atoms with van der Waals surface area (Å²) in [5.41, 5.74) is 0. The molecule has 2 atom stereocenters. The van der Waals surface area contributed by atoms with Crippen LogP contribution in [0.25, 0.3) is 0 Å². The Hall–Kier alpha value is -0.300. The van der Waals surface area contributed by atoms with Gasteiger partial charge < -0.3 is 0 Å². The largest absolute Gasteiger partial charge is 0.297 e. The summed E-state index contributed by atoms with van der Waals surface area (Å²) in [6, 6.07) is 0.699. The fraction of sp³-hybridized carbons (Fsp3) is 0.600. The summed E-state index contributed by atoms with van der Waals surface area (Å²) in [5, 5.41) is 0. The first-order chi connectivity index (χ1) is 2.84. The molecule has 0 saturated carbocycles. The highest BCUT2D eigenvalue weighted by molar-refractivity contribution is 4.99. The highest BCUT2D eigenvalue weighted by Crippen LogP contribution is 2.12. The van der Waals surface area contributed by atoms with E-state index in [1.807, 2.05) is 6.08 Å². The van der Waals surface area contributed by atoms with Crippen molar-refractivity contribution in [2.24, 2.45) is 0 Å². The third kappa shape index (κ3) is 0.455. The first kappa shape index (κ1) is 3.88. The first-order valence-corrected chi connectivity index (χ1v) is 2.17. The highest BCUT2D eigenvalue weighted by atomic mass is 15.3. The molecule has 1 rings (SSSR count). The van der Waals surface area contributed by atoms with Crippen molar-refractivity contribution in [3.05, 3.63) is 12.7 Å². The van der Waals surface area contributed by atoms with Crippen LogP contribution in [0.5, 0.6) is 0 Å². The Kier molecular flexibility index (Phi) is 0.701. The number of hydrogen-bond donors (Lipinski definition) is 0. The fourth-order valence-electron chi connectivity index (χ4n) is 0.502. The molecule has 0 aromatic carbocycles. The van der Waals surface area contributed by atoms with Gasteiger partial charge in [-0.2, -0.15) is 0 Å². The molecule has 1 heterocycles. The monoisotopic (exact) mass is 83.1 g/mol. The Morgan fingerprint density at radius 3 is 2.50 bits per heavy atom. The Bertz CT molecular complexity index is 68.3. The average Bonchev–Trinajstić information content (AvgIpc) is 2.19. The predicted molar refractivity (Wildman–Crippen MR) is 26.6 cm³/mol. The zero-order valence-electron chi connectivity index (χ0n) is 4.02. The van der Waals surface area contributed by atoms with Crippen LogP contribution in [0, 0.1) is 0 Å². The van der Waals surface area contributed by atoms with E-state index >= 15 is 0 Å². The minimum absolute atomic E-state index is 0.699. The van der Waals surface area contributed by atoms with Gasteiger partial charge in [0.25, 0.3) is 0 Å². The van der Waals surface area contributed by atoms with Crippen molar-refractivity contribution in [1.82, 2.24) is 4.90 Å². The van der Waals surface area contributed by atoms with Gasteiger partial charge in [0, 0.05) is 12.6 Å². The molecule has 1 aliphatic heterocycles. The number of rotatable bonds is 1. The van der Waals surface area contributed by atoms with E-state index in [1.54, 1.807) is 0 Å². The van der Waals surface area contributed by atoms with Crippen LogP contribution in [0.3, 0.4) is 0 Å². The van der Waals surface area contributed by atoms with Crippen LogP contribution in [-0.2, 0) is 0 Å². The lowest BCUT2D eigenvalue weighted by molar-refractivity contribution is 0.660. The van der Waals surface area contributed by atoms with Crippen molar-refractivity contribution >= 4 is 0 Å². The van der Waals surface area contributed by atoms with Crippen LogP contribution in [0.4, 0.5) is 0 Å². The first-order valence-electron chi connectivity index (χ1n) is 2.17. The minimum atomic E-state index is 0.699. The SMILES string of the molecule is C=C[C@H]1CN1C. The highest BCUT2D eigenvalue weighted by Gasteiger charge is 2.24. The molecule has 0 spiro atoms. The molecule has 0 radical (unpaired) electrons. The van der Waals surface area contributed by atoms with Gasteiger partial charge in [-0.1, -0.05) is 6.08 Å². The van der Waals surface area contributed by atoms with E-state index in [2.05, 4.69) is 18.5 Å². The van der Waals surface area contributed by atoms with Crippen molar-refractivity contribution in [2.45, 2.75) is 6.04 Å². The summed E-state index contributed by atoms with van der Waals surface area (Å²) in [7, 11) is 2.09. The maximum atomic E-state index is 3.63. The summed E-state index contributed by atoms with van der Waals surface area (Å²) in [5.74, 6) is 0. The third-order valence-corrected chi connectivity index (χ3v) is 1.18. The Labute approximate surface area is 38.3 Å². The van der Waals surface area contributed by atoms with Gasteiger partial charge in [-0.15, -0.1) is 6.58 Å². The molecule has 0 bridgehead atoms. The summed E-state index contributed by atoms with van der Waals surface area (Å²) in [6.45, 7) is 4.84. The summed E-state index contributed by atoms with van der Waals surface area (Å²) in [6.07, 6.45) is 1.97. The Balaban J connectivity index is 2.25. The van der Waals surface area contributed by atoms with E-state index < -0.39 is 0 Å². The second kappa shape index (κ2) is 1.09. The molecule has 1 unspecified atom stereocenters. The topological polar surface area (TPSA) is 3.01 Å². The Morgan fingerprint density at radius 2 is 2.50 bits per heavy atom. The quantitative estimate of drug-likeness (QED) is 0.329. The molecule has 1 heteroatoms. The Morgan fingerprint density at radius 1 is 2.00 bits per heavy atom. The predicted octanol–water partition coefficient (Wildman–Crippen LogP) is 0.486. The van der Waals surface area contributed by atoms with Crippen molar-refractivity contribution in [3.63, 3.8) is 0 Å². The molecule has 1 aliphatic rings. The molecule has 0 amide bonds. The maximum Gasteiger partial charge on any atom is 0.0400 e.